The molecule has 0 aliphatic rings. The smallest absolute Gasteiger partial charge is 0.302 e. The van der Waals surface area contributed by atoms with E-state index in [0.717, 1.165) is 10.2 Å². The first-order chi connectivity index (χ1) is 6.29. The second-order valence-corrected chi connectivity index (χ2v) is 3.39. The van der Waals surface area contributed by atoms with E-state index in [9.17, 15) is 4.79 Å². The number of rotatable bonds is 0. The second-order valence-electron chi connectivity index (χ2n) is 2.39. The van der Waals surface area contributed by atoms with Crippen molar-refractivity contribution in [1.82, 2.24) is 4.57 Å². The Kier molecular flexibility index (Phi) is 3.25. The lowest BCUT2D eigenvalue weighted by molar-refractivity contribution is 0.939. The Labute approximate surface area is 81.4 Å². The van der Waals surface area contributed by atoms with Gasteiger partial charge in [-0.1, -0.05) is 37.3 Å². The predicted octanol–water partition coefficient (Wildman–Crippen LogP) is 2.63. The fourth-order valence-corrected chi connectivity index (χ4v) is 1.96. The molecule has 70 valence electrons. The third-order valence-electron chi connectivity index (χ3n) is 1.70. The number of hydrogen-bond donors (Lipinski definition) is 0. The highest BCUT2D eigenvalue weighted by Gasteiger charge is 2.00. The third-order valence-corrected chi connectivity index (χ3v) is 2.71. The largest absolute Gasteiger partial charge is 0.307 e. The van der Waals surface area contributed by atoms with Gasteiger partial charge in [-0.25, -0.2) is 0 Å². The molecule has 0 spiro atoms. The molecule has 2 aromatic rings. The highest BCUT2D eigenvalue weighted by Crippen LogP contribution is 2.14. The van der Waals surface area contributed by atoms with Crippen LogP contribution in [0.4, 0.5) is 0 Å². The Morgan fingerprint density at radius 2 is 1.85 bits per heavy atom. The summed E-state index contributed by atoms with van der Waals surface area (Å²) in [5, 5.41) is 0. The van der Waals surface area contributed by atoms with E-state index in [1.165, 1.54) is 11.3 Å². The standard InChI is InChI=1S/C8H7NOS.C2H6/c1-9-6-4-2-3-5-7(6)11-8(9)10;1-2/h2-5H,1H3;1-2H3. The summed E-state index contributed by atoms with van der Waals surface area (Å²) >= 11 is 1.29. The molecule has 0 atom stereocenters. The molecule has 0 N–H and O–H groups in total. The quantitative estimate of drug-likeness (QED) is 0.633. The zero-order valence-electron chi connectivity index (χ0n) is 8.07. The van der Waals surface area contributed by atoms with Gasteiger partial charge >= 0.3 is 4.87 Å². The van der Waals surface area contributed by atoms with E-state index in [1.54, 1.807) is 11.6 Å². The summed E-state index contributed by atoms with van der Waals surface area (Å²) in [5.74, 6) is 0. The number of thiazole rings is 1. The summed E-state index contributed by atoms with van der Waals surface area (Å²) in [6.07, 6.45) is 0. The molecule has 0 bridgehead atoms. The van der Waals surface area contributed by atoms with Crippen molar-refractivity contribution in [3.8, 4) is 0 Å². The lowest BCUT2D eigenvalue weighted by Crippen LogP contribution is -2.06. The topological polar surface area (TPSA) is 22.0 Å². The van der Waals surface area contributed by atoms with E-state index in [4.69, 9.17) is 0 Å². The lowest BCUT2D eigenvalue weighted by atomic mass is 10.3. The van der Waals surface area contributed by atoms with Gasteiger partial charge in [0.15, 0.2) is 0 Å². The zero-order valence-corrected chi connectivity index (χ0v) is 8.89. The summed E-state index contributed by atoms with van der Waals surface area (Å²) < 4.78 is 2.72. The average molecular weight is 195 g/mol. The first-order valence-corrected chi connectivity index (χ1v) is 5.15. The molecule has 0 unspecified atom stereocenters. The van der Waals surface area contributed by atoms with Crippen LogP contribution in [-0.4, -0.2) is 4.57 Å². The summed E-state index contributed by atoms with van der Waals surface area (Å²) in [6, 6.07) is 7.79. The third kappa shape index (κ3) is 1.80. The number of nitrogens with zero attached hydrogens (tertiary/aromatic N) is 1. The lowest BCUT2D eigenvalue weighted by Gasteiger charge is -1.89. The van der Waals surface area contributed by atoms with Gasteiger partial charge in [-0.05, 0) is 12.1 Å². The van der Waals surface area contributed by atoms with Gasteiger partial charge in [0, 0.05) is 7.05 Å². The highest BCUT2D eigenvalue weighted by molar-refractivity contribution is 7.16. The maximum atomic E-state index is 11.1. The van der Waals surface area contributed by atoms with Crippen molar-refractivity contribution in [3.63, 3.8) is 0 Å². The first kappa shape index (κ1) is 9.99. The minimum atomic E-state index is 0.103. The Morgan fingerprint density at radius 1 is 1.23 bits per heavy atom. The number of fused-ring (bicyclic) bond motifs is 1. The molecule has 0 aliphatic heterocycles. The van der Waals surface area contributed by atoms with E-state index in [0.29, 0.717) is 0 Å². The molecule has 2 nitrogen and oxygen atoms in total. The van der Waals surface area contributed by atoms with Crippen LogP contribution in [0.2, 0.25) is 0 Å². The van der Waals surface area contributed by atoms with Crippen LogP contribution in [0.25, 0.3) is 10.2 Å². The maximum Gasteiger partial charge on any atom is 0.307 e. The van der Waals surface area contributed by atoms with Crippen molar-refractivity contribution >= 4 is 21.6 Å². The Bertz CT molecular complexity index is 441. The molecule has 0 fully saturated rings. The predicted molar refractivity (Wildman–Crippen MR) is 58.4 cm³/mol. The number of hydrogen-bond acceptors (Lipinski definition) is 2. The number of aryl methyl sites for hydroxylation is 1. The van der Waals surface area contributed by atoms with E-state index in [-0.39, 0.29) is 4.87 Å². The van der Waals surface area contributed by atoms with Gasteiger partial charge in [0.2, 0.25) is 0 Å². The van der Waals surface area contributed by atoms with Crippen LogP contribution in [0.1, 0.15) is 13.8 Å². The van der Waals surface area contributed by atoms with Crippen LogP contribution in [0.3, 0.4) is 0 Å². The fourth-order valence-electron chi connectivity index (χ4n) is 1.08. The van der Waals surface area contributed by atoms with Gasteiger partial charge in [0.05, 0.1) is 10.2 Å². The van der Waals surface area contributed by atoms with Crippen LogP contribution < -0.4 is 4.87 Å². The van der Waals surface area contributed by atoms with Crippen LogP contribution >= 0.6 is 11.3 Å². The summed E-state index contributed by atoms with van der Waals surface area (Å²) in [7, 11) is 1.79. The number of benzene rings is 1. The van der Waals surface area contributed by atoms with Gasteiger partial charge in [-0.2, -0.15) is 0 Å². The molecule has 0 radical (unpaired) electrons. The minimum absolute atomic E-state index is 0.103. The van der Waals surface area contributed by atoms with E-state index in [1.807, 2.05) is 38.1 Å². The van der Waals surface area contributed by atoms with Crippen LogP contribution in [0.15, 0.2) is 29.1 Å². The van der Waals surface area contributed by atoms with Crippen molar-refractivity contribution < 1.29 is 0 Å². The molecule has 2 rings (SSSR count). The first-order valence-electron chi connectivity index (χ1n) is 4.33. The van der Waals surface area contributed by atoms with Crippen molar-refractivity contribution in [1.29, 1.82) is 0 Å². The van der Waals surface area contributed by atoms with Crippen molar-refractivity contribution in [2.45, 2.75) is 13.8 Å². The molecule has 1 heterocycles. The van der Waals surface area contributed by atoms with Crippen molar-refractivity contribution in [2.75, 3.05) is 0 Å². The molecule has 1 aromatic heterocycles. The Balaban J connectivity index is 0.000000396. The van der Waals surface area contributed by atoms with Crippen molar-refractivity contribution in [3.05, 3.63) is 33.9 Å². The van der Waals surface area contributed by atoms with Gasteiger partial charge in [0.25, 0.3) is 0 Å². The molecule has 3 heteroatoms. The van der Waals surface area contributed by atoms with Gasteiger partial charge in [0.1, 0.15) is 0 Å². The van der Waals surface area contributed by atoms with Crippen LogP contribution in [-0.2, 0) is 7.05 Å². The normalized spacial score (nSPS) is 9.46. The molecule has 1 aromatic carbocycles. The van der Waals surface area contributed by atoms with E-state index >= 15 is 0 Å². The van der Waals surface area contributed by atoms with Gasteiger partial charge in [-0.3, -0.25) is 4.79 Å². The van der Waals surface area contributed by atoms with Crippen LogP contribution in [0.5, 0.6) is 0 Å². The Morgan fingerprint density at radius 3 is 2.46 bits per heavy atom. The summed E-state index contributed by atoms with van der Waals surface area (Å²) in [6.45, 7) is 4.00. The molecular weight excluding hydrogens is 182 g/mol. The molecule has 0 saturated carbocycles. The minimum Gasteiger partial charge on any atom is -0.302 e. The summed E-state index contributed by atoms with van der Waals surface area (Å²) in [4.78, 5) is 11.2. The SMILES string of the molecule is CC.Cn1c(=O)sc2ccccc21. The zero-order chi connectivity index (χ0) is 9.84. The van der Waals surface area contributed by atoms with Crippen molar-refractivity contribution in [2.24, 2.45) is 7.05 Å². The van der Waals surface area contributed by atoms with E-state index in [2.05, 4.69) is 0 Å². The highest BCUT2D eigenvalue weighted by atomic mass is 32.1. The molecule has 0 amide bonds. The number of aromatic nitrogens is 1. The maximum absolute atomic E-state index is 11.1. The molecule has 0 aliphatic carbocycles. The Hall–Kier alpha value is -1.09. The van der Waals surface area contributed by atoms with E-state index < -0.39 is 0 Å². The number of para-hydroxylation sites is 1. The summed E-state index contributed by atoms with van der Waals surface area (Å²) in [5.41, 5.74) is 1.02. The fraction of sp³-hybridized carbons (Fsp3) is 0.300. The molecular formula is C10H13NOS. The van der Waals surface area contributed by atoms with Gasteiger partial charge in [-0.15, -0.1) is 0 Å². The monoisotopic (exact) mass is 195 g/mol. The second kappa shape index (κ2) is 4.23. The molecule has 13 heavy (non-hydrogen) atoms. The average Bonchev–Trinajstić information content (AvgIpc) is 2.47. The van der Waals surface area contributed by atoms with Crippen LogP contribution in [0, 0.1) is 0 Å². The van der Waals surface area contributed by atoms with Gasteiger partial charge < -0.3 is 4.57 Å². The molecule has 0 saturated heterocycles.